The van der Waals surface area contributed by atoms with E-state index in [9.17, 15) is 4.79 Å². The van der Waals surface area contributed by atoms with Crippen molar-refractivity contribution in [2.24, 2.45) is 0 Å². The summed E-state index contributed by atoms with van der Waals surface area (Å²) in [6, 6.07) is 2.17. The van der Waals surface area contributed by atoms with Gasteiger partial charge in [-0.25, -0.2) is 4.79 Å². The Morgan fingerprint density at radius 1 is 1.09 bits per heavy atom. The molecular weight excluding hydrogens is 278 g/mol. The van der Waals surface area contributed by atoms with Crippen molar-refractivity contribution in [1.82, 2.24) is 15.5 Å². The van der Waals surface area contributed by atoms with E-state index in [0.717, 1.165) is 32.2 Å². The fourth-order valence-corrected chi connectivity index (χ4v) is 3.53. The molecule has 0 radical (unpaired) electrons. The monoisotopic (exact) mass is 311 g/mol. The number of ether oxygens (including phenoxy) is 1. The third kappa shape index (κ3) is 5.43. The molecule has 5 heteroatoms. The molecule has 0 aromatic rings. The van der Waals surface area contributed by atoms with E-state index < -0.39 is 5.60 Å². The Balaban J connectivity index is 1.67. The maximum Gasteiger partial charge on any atom is 0.407 e. The molecule has 2 aliphatic rings. The molecule has 0 aromatic heterocycles. The van der Waals surface area contributed by atoms with E-state index in [1.165, 1.54) is 6.42 Å². The van der Waals surface area contributed by atoms with E-state index in [2.05, 4.69) is 29.5 Å². The molecule has 2 fully saturated rings. The Bertz CT molecular complexity index is 363. The van der Waals surface area contributed by atoms with Crippen LogP contribution in [-0.2, 0) is 4.74 Å². The summed E-state index contributed by atoms with van der Waals surface area (Å²) < 4.78 is 5.33. The zero-order chi connectivity index (χ0) is 16.3. The SMILES string of the molecule is CC1CC(NC2CCC(NC(=O)OC(C)(C)C)CC2)CN1C. The van der Waals surface area contributed by atoms with Crippen molar-refractivity contribution in [3.8, 4) is 0 Å². The second-order valence-corrected chi connectivity index (χ2v) is 8.08. The highest BCUT2D eigenvalue weighted by Gasteiger charge is 2.30. The van der Waals surface area contributed by atoms with Gasteiger partial charge in [-0.15, -0.1) is 0 Å². The van der Waals surface area contributed by atoms with Crippen molar-refractivity contribution >= 4 is 6.09 Å². The number of nitrogens with one attached hydrogen (secondary N) is 2. The van der Waals surface area contributed by atoms with Crippen LogP contribution in [0.1, 0.15) is 59.8 Å². The van der Waals surface area contributed by atoms with Crippen LogP contribution in [-0.4, -0.2) is 54.4 Å². The van der Waals surface area contributed by atoms with Crippen LogP contribution >= 0.6 is 0 Å². The first kappa shape index (κ1) is 17.5. The van der Waals surface area contributed by atoms with E-state index in [0.29, 0.717) is 18.1 Å². The zero-order valence-corrected chi connectivity index (χ0v) is 14.8. The number of carbonyl (C=O) groups excluding carboxylic acids is 1. The van der Waals surface area contributed by atoms with E-state index >= 15 is 0 Å². The largest absolute Gasteiger partial charge is 0.444 e. The molecule has 1 heterocycles. The Kier molecular flexibility index (Phi) is 5.72. The fraction of sp³-hybridized carbons (Fsp3) is 0.941. The summed E-state index contributed by atoms with van der Waals surface area (Å²) in [6.07, 6.45) is 5.30. The van der Waals surface area contributed by atoms with Crippen LogP contribution in [0.25, 0.3) is 0 Å². The van der Waals surface area contributed by atoms with Crippen LogP contribution in [0.5, 0.6) is 0 Å². The van der Waals surface area contributed by atoms with Crippen molar-refractivity contribution in [1.29, 1.82) is 0 Å². The van der Waals surface area contributed by atoms with Gasteiger partial charge in [-0.05, 0) is 66.8 Å². The van der Waals surface area contributed by atoms with Crippen molar-refractivity contribution in [3.05, 3.63) is 0 Å². The number of rotatable bonds is 3. The number of hydrogen-bond acceptors (Lipinski definition) is 4. The van der Waals surface area contributed by atoms with Crippen molar-refractivity contribution in [2.75, 3.05) is 13.6 Å². The predicted octanol–water partition coefficient (Wildman–Crippen LogP) is 2.50. The molecule has 2 N–H and O–H groups in total. The summed E-state index contributed by atoms with van der Waals surface area (Å²) in [5.41, 5.74) is -0.423. The minimum absolute atomic E-state index is 0.262. The number of hydrogen-bond donors (Lipinski definition) is 2. The molecule has 2 atom stereocenters. The highest BCUT2D eigenvalue weighted by Crippen LogP contribution is 2.22. The summed E-state index contributed by atoms with van der Waals surface area (Å²) in [5, 5.41) is 6.81. The van der Waals surface area contributed by atoms with Crippen molar-refractivity contribution in [3.63, 3.8) is 0 Å². The van der Waals surface area contributed by atoms with Gasteiger partial charge in [0.15, 0.2) is 0 Å². The molecule has 128 valence electrons. The highest BCUT2D eigenvalue weighted by molar-refractivity contribution is 5.68. The van der Waals surface area contributed by atoms with Gasteiger partial charge in [0.1, 0.15) is 5.60 Å². The molecule has 2 rings (SSSR count). The van der Waals surface area contributed by atoms with Gasteiger partial charge in [0.05, 0.1) is 0 Å². The van der Waals surface area contributed by atoms with Crippen LogP contribution in [0.15, 0.2) is 0 Å². The van der Waals surface area contributed by atoms with Crippen molar-refractivity contribution in [2.45, 2.75) is 89.6 Å². The molecule has 2 unspecified atom stereocenters. The Morgan fingerprint density at radius 2 is 1.68 bits per heavy atom. The summed E-state index contributed by atoms with van der Waals surface area (Å²) in [7, 11) is 2.20. The van der Waals surface area contributed by atoms with Gasteiger partial charge in [-0.2, -0.15) is 0 Å². The molecule has 0 aromatic carbocycles. The van der Waals surface area contributed by atoms with Crippen LogP contribution in [0.3, 0.4) is 0 Å². The van der Waals surface area contributed by atoms with Crippen LogP contribution in [0, 0.1) is 0 Å². The van der Waals surface area contributed by atoms with Gasteiger partial charge in [0.25, 0.3) is 0 Å². The predicted molar refractivity (Wildman–Crippen MR) is 89.0 cm³/mol. The first-order valence-electron chi connectivity index (χ1n) is 8.69. The first-order chi connectivity index (χ1) is 10.2. The number of carbonyl (C=O) groups is 1. The quantitative estimate of drug-likeness (QED) is 0.841. The average Bonchev–Trinajstić information content (AvgIpc) is 2.68. The van der Waals surface area contributed by atoms with Gasteiger partial charge >= 0.3 is 6.09 Å². The van der Waals surface area contributed by atoms with Crippen LogP contribution < -0.4 is 10.6 Å². The van der Waals surface area contributed by atoms with E-state index in [1.807, 2.05) is 20.8 Å². The highest BCUT2D eigenvalue weighted by atomic mass is 16.6. The lowest BCUT2D eigenvalue weighted by Gasteiger charge is -2.32. The molecule has 1 amide bonds. The molecule has 22 heavy (non-hydrogen) atoms. The van der Waals surface area contributed by atoms with E-state index in [-0.39, 0.29) is 12.1 Å². The lowest BCUT2D eigenvalue weighted by Crippen LogP contribution is -2.46. The number of nitrogens with zero attached hydrogens (tertiary/aromatic N) is 1. The van der Waals surface area contributed by atoms with E-state index in [4.69, 9.17) is 4.74 Å². The summed E-state index contributed by atoms with van der Waals surface area (Å²) >= 11 is 0. The maximum atomic E-state index is 11.8. The number of likely N-dealkylation sites (tertiary alicyclic amines) is 1. The average molecular weight is 311 g/mol. The first-order valence-corrected chi connectivity index (χ1v) is 8.69. The second-order valence-electron chi connectivity index (χ2n) is 8.08. The summed E-state index contributed by atoms with van der Waals surface area (Å²) in [4.78, 5) is 14.2. The molecule has 1 aliphatic heterocycles. The molecule has 1 aliphatic carbocycles. The van der Waals surface area contributed by atoms with Gasteiger partial charge in [0.2, 0.25) is 0 Å². The van der Waals surface area contributed by atoms with Gasteiger partial charge < -0.3 is 20.3 Å². The van der Waals surface area contributed by atoms with E-state index in [1.54, 1.807) is 0 Å². The molecule has 0 bridgehead atoms. The van der Waals surface area contributed by atoms with Crippen molar-refractivity contribution < 1.29 is 9.53 Å². The normalized spacial score (nSPS) is 33.7. The minimum atomic E-state index is -0.423. The minimum Gasteiger partial charge on any atom is -0.444 e. The lowest BCUT2D eigenvalue weighted by atomic mass is 9.90. The third-order valence-corrected chi connectivity index (χ3v) is 4.81. The van der Waals surface area contributed by atoms with Gasteiger partial charge in [-0.1, -0.05) is 0 Å². The van der Waals surface area contributed by atoms with Gasteiger partial charge in [-0.3, -0.25) is 0 Å². The molecule has 1 saturated heterocycles. The Hall–Kier alpha value is -0.810. The maximum absolute atomic E-state index is 11.8. The molecule has 0 spiro atoms. The lowest BCUT2D eigenvalue weighted by molar-refractivity contribution is 0.0489. The standard InChI is InChI=1S/C17H33N3O2/c1-12-10-15(11-20(12)5)18-13-6-8-14(9-7-13)19-16(21)22-17(2,3)4/h12-15,18H,6-11H2,1-5H3,(H,19,21). The Labute approximate surface area is 135 Å². The number of amides is 1. The molecule has 5 nitrogen and oxygen atoms in total. The van der Waals surface area contributed by atoms with Gasteiger partial charge in [0, 0.05) is 30.7 Å². The topological polar surface area (TPSA) is 53.6 Å². The number of likely N-dealkylation sites (N-methyl/N-ethyl adjacent to an activating group) is 1. The fourth-order valence-electron chi connectivity index (χ4n) is 3.53. The third-order valence-electron chi connectivity index (χ3n) is 4.81. The van der Waals surface area contributed by atoms with Crippen LogP contribution in [0.4, 0.5) is 4.79 Å². The number of alkyl carbamates (subject to hydrolysis) is 1. The second kappa shape index (κ2) is 7.18. The molecule has 1 saturated carbocycles. The molecular formula is C17H33N3O2. The zero-order valence-electron chi connectivity index (χ0n) is 14.8. The summed E-state index contributed by atoms with van der Waals surface area (Å²) in [5.74, 6) is 0. The van der Waals surface area contributed by atoms with Crippen LogP contribution in [0.2, 0.25) is 0 Å². The Morgan fingerprint density at radius 3 is 2.18 bits per heavy atom. The smallest absolute Gasteiger partial charge is 0.407 e. The summed E-state index contributed by atoms with van der Waals surface area (Å²) in [6.45, 7) is 9.13.